The Hall–Kier alpha value is -0.870. The molecule has 0 saturated heterocycles. The first-order valence-electron chi connectivity index (χ1n) is 3.04. The predicted molar refractivity (Wildman–Crippen MR) is 36.3 cm³/mol. The number of benzene rings is 1. The Morgan fingerprint density at radius 2 is 1.90 bits per heavy atom. The highest BCUT2D eigenvalue weighted by Crippen LogP contribution is 2.05. The smallest absolute Gasteiger partial charge is 0.282 e. The van der Waals surface area contributed by atoms with Gasteiger partial charge in [0.2, 0.25) is 0 Å². The lowest BCUT2D eigenvalue weighted by Crippen LogP contribution is -1.96. The second-order valence-corrected chi connectivity index (χ2v) is 3.13. The molecule has 1 rings (SSSR count). The van der Waals surface area contributed by atoms with Crippen molar-refractivity contribution in [3.63, 3.8) is 0 Å². The van der Waals surface area contributed by atoms with Crippen LogP contribution in [0.1, 0.15) is 1.37 Å². The van der Waals surface area contributed by atoms with Crippen LogP contribution in [0.3, 0.4) is 0 Å². The molecule has 1 aromatic carbocycles. The number of hydrogen-bond donors (Lipinski definition) is 1. The average Bonchev–Trinajstić information content (AvgIpc) is 1.86. The Morgan fingerprint density at radius 3 is 2.30 bits per heavy atom. The highest BCUT2D eigenvalue weighted by molar-refractivity contribution is 7.85. The molecule has 0 atom stereocenters. The predicted octanol–water partition coefficient (Wildman–Crippen LogP) is 0.933. The minimum atomic E-state index is -4.10. The normalized spacial score (nSPS) is 12.7. The highest BCUT2D eigenvalue weighted by Gasteiger charge is 2.05. The van der Waals surface area contributed by atoms with Crippen LogP contribution in [-0.2, 0) is 10.1 Å². The van der Waals surface area contributed by atoms with E-state index in [2.05, 4.69) is 0 Å². The van der Waals surface area contributed by atoms with E-state index in [9.17, 15) is 8.42 Å². The van der Waals surface area contributed by atoms with Crippen LogP contribution < -0.4 is 0 Å². The van der Waals surface area contributed by atoms with E-state index in [4.69, 9.17) is 5.92 Å². The summed E-state index contributed by atoms with van der Waals surface area (Å²) in [5.74, 6) is 0. The Bertz CT molecular complexity index is 341. The quantitative estimate of drug-likeness (QED) is 0.622. The van der Waals surface area contributed by atoms with Crippen LogP contribution in [-0.4, -0.2) is 13.0 Å². The van der Waals surface area contributed by atoms with Gasteiger partial charge in [0.15, 0.2) is 0 Å². The van der Waals surface area contributed by atoms with Crippen LogP contribution in [0, 0.1) is 0 Å². The van der Waals surface area contributed by atoms with Crippen LogP contribution in [0.4, 0.5) is 0 Å². The third-order valence-corrected chi connectivity index (χ3v) is 1.85. The fraction of sp³-hybridized carbons (Fsp3) is 0. The molecule has 1 N–H and O–H groups in total. The van der Waals surface area contributed by atoms with Crippen molar-refractivity contribution < 1.29 is 14.3 Å². The molecule has 4 heteroatoms. The van der Waals surface area contributed by atoms with Gasteiger partial charge in [-0.3, -0.25) is 4.55 Å². The van der Waals surface area contributed by atoms with Gasteiger partial charge < -0.3 is 0 Å². The van der Waals surface area contributed by atoms with Crippen molar-refractivity contribution in [1.82, 2.24) is 0 Å². The van der Waals surface area contributed by atoms with E-state index in [1.54, 1.807) is 0 Å². The molecule has 0 aliphatic carbocycles. The first-order chi connectivity index (χ1) is 5.00. The Balaban J connectivity index is 3.20. The Morgan fingerprint density at radius 1 is 1.40 bits per heavy atom. The molecule has 0 saturated carbocycles. The van der Waals surface area contributed by atoms with E-state index in [-0.39, 0.29) is 10.9 Å². The number of rotatable bonds is 1. The summed E-state index contributed by atoms with van der Waals surface area (Å²) in [6, 6.07) is 5.15. The second kappa shape index (κ2) is 2.40. The minimum absolute atomic E-state index is 0.187. The monoisotopic (exact) mass is 160 g/mol. The topological polar surface area (TPSA) is 54.4 Å². The molecule has 0 amide bonds. The third kappa shape index (κ3) is 1.55. The van der Waals surface area contributed by atoms with Gasteiger partial charge in [-0.25, -0.2) is 0 Å². The van der Waals surface area contributed by atoms with Crippen LogP contribution in [0.25, 0.3) is 0 Å². The highest BCUT2D eigenvalue weighted by atomic mass is 32.2. The van der Waals surface area contributed by atoms with Gasteiger partial charge in [0.05, 0.1) is 6.27 Å². The summed E-state index contributed by atoms with van der Waals surface area (Å²) in [5, 5.41) is 0. The summed E-state index contributed by atoms with van der Waals surface area (Å²) < 4.78 is 36.4. The van der Waals surface area contributed by atoms with Gasteiger partial charge in [0, 0.05) is 0 Å². The van der Waals surface area contributed by atoms with Crippen molar-refractivity contribution in [3.8, 4) is 0 Å². The van der Waals surface area contributed by atoms with Gasteiger partial charge in [-0.05, 0) is 12.1 Å². The lowest BCUT2D eigenvalue weighted by molar-refractivity contribution is 0.483. The molecule has 0 aliphatic heterocycles. The fourth-order valence-electron chi connectivity index (χ4n) is 0.544. The molecule has 0 fully saturated rings. The fourth-order valence-corrected chi connectivity index (χ4v) is 1.02. The molecule has 0 bridgehead atoms. The van der Waals surface area contributed by atoms with E-state index in [1.807, 2.05) is 0 Å². The Kier molecular flexibility index (Phi) is 1.41. The minimum Gasteiger partial charge on any atom is -0.282 e. The van der Waals surface area contributed by atoms with Crippen LogP contribution >= 0.6 is 0 Å². The summed E-state index contributed by atoms with van der Waals surface area (Å²) in [6.45, 7) is 0. The van der Waals surface area contributed by atoms with Gasteiger partial charge in [-0.15, -0.1) is 0 Å². The Labute approximate surface area is 60.5 Å². The van der Waals surface area contributed by atoms with Crippen molar-refractivity contribution in [2.45, 2.75) is 4.90 Å². The molecule has 1 aromatic rings. The van der Waals surface area contributed by atoms with Gasteiger partial charge in [-0.1, -0.05) is 18.2 Å². The van der Waals surface area contributed by atoms with Gasteiger partial charge >= 0.3 is 0 Å². The molecule has 3 nitrogen and oxygen atoms in total. The summed E-state index contributed by atoms with van der Waals surface area (Å²) in [4.78, 5) is -0.187. The molecule has 0 aromatic heterocycles. The second-order valence-electron chi connectivity index (χ2n) is 1.71. The van der Waals surface area contributed by atoms with Crippen molar-refractivity contribution in [2.24, 2.45) is 0 Å². The SMILES string of the molecule is [3H]c1ccc(S(=O)(=O)O)cc1. The van der Waals surface area contributed by atoms with E-state index in [1.165, 1.54) is 24.3 Å². The van der Waals surface area contributed by atoms with Crippen molar-refractivity contribution in [1.29, 1.82) is 0 Å². The maximum Gasteiger partial charge on any atom is 0.294 e. The van der Waals surface area contributed by atoms with E-state index in [0.29, 0.717) is 0 Å². The van der Waals surface area contributed by atoms with Crippen LogP contribution in [0.15, 0.2) is 35.2 Å². The van der Waals surface area contributed by atoms with Crippen molar-refractivity contribution in [3.05, 3.63) is 30.3 Å². The zero-order valence-electron chi connectivity index (χ0n) is 5.98. The molecule has 10 heavy (non-hydrogen) atoms. The molecular formula is C6H6O3S. The first-order valence-corrected chi connectivity index (χ1v) is 3.98. The maximum absolute atomic E-state index is 10.4. The summed E-state index contributed by atoms with van der Waals surface area (Å²) in [5.41, 5.74) is 0. The van der Waals surface area contributed by atoms with E-state index in [0.717, 1.165) is 0 Å². The lowest BCUT2D eigenvalue weighted by Gasteiger charge is -1.92. The summed E-state index contributed by atoms with van der Waals surface area (Å²) >= 11 is 0. The van der Waals surface area contributed by atoms with Gasteiger partial charge in [0.1, 0.15) is 0 Å². The standard InChI is InChI=1S/C6H6O3S/c7-10(8,9)6-4-2-1-3-5-6/h1-5H,(H,7,8,9)/i1T. The molecular weight excluding hydrogens is 152 g/mol. The van der Waals surface area contributed by atoms with Crippen LogP contribution in [0.2, 0.25) is 0 Å². The molecule has 0 unspecified atom stereocenters. The zero-order chi connectivity index (χ0) is 8.48. The van der Waals surface area contributed by atoms with Crippen LogP contribution in [0.5, 0.6) is 0 Å². The van der Waals surface area contributed by atoms with Crippen molar-refractivity contribution >= 4 is 10.1 Å². The molecule has 0 spiro atoms. The van der Waals surface area contributed by atoms with Gasteiger partial charge in [0.25, 0.3) is 10.1 Å². The summed E-state index contributed by atoms with van der Waals surface area (Å²) in [7, 11) is -4.10. The maximum atomic E-state index is 10.4. The largest absolute Gasteiger partial charge is 0.294 e. The lowest BCUT2D eigenvalue weighted by atomic mass is 10.4. The van der Waals surface area contributed by atoms with Gasteiger partial charge in [-0.2, -0.15) is 8.42 Å². The summed E-state index contributed by atoms with van der Waals surface area (Å²) in [6.07, 6.45) is 0. The third-order valence-electron chi connectivity index (χ3n) is 0.986. The number of hydrogen-bond acceptors (Lipinski definition) is 2. The molecule has 0 aliphatic rings. The molecule has 0 heterocycles. The van der Waals surface area contributed by atoms with E-state index < -0.39 is 10.1 Å². The average molecular weight is 160 g/mol. The molecule has 0 radical (unpaired) electrons. The first kappa shape index (κ1) is 5.88. The zero-order valence-corrected chi connectivity index (χ0v) is 5.80. The van der Waals surface area contributed by atoms with E-state index >= 15 is 0 Å². The van der Waals surface area contributed by atoms with Crippen molar-refractivity contribution in [2.75, 3.05) is 0 Å². The molecule has 54 valence electrons.